The van der Waals surface area contributed by atoms with Gasteiger partial charge in [-0.15, -0.1) is 0 Å². The van der Waals surface area contributed by atoms with E-state index in [2.05, 4.69) is 31.9 Å². The van der Waals surface area contributed by atoms with Crippen LogP contribution in [-0.2, 0) is 15.1 Å². The quantitative estimate of drug-likeness (QED) is 0.651. The number of hydrogen-bond acceptors (Lipinski definition) is 4. The van der Waals surface area contributed by atoms with Gasteiger partial charge in [0.05, 0.1) is 0 Å². The van der Waals surface area contributed by atoms with E-state index in [1.165, 1.54) is 0 Å². The van der Waals surface area contributed by atoms with Gasteiger partial charge in [-0.05, 0) is 48.9 Å². The van der Waals surface area contributed by atoms with Crippen molar-refractivity contribution in [1.29, 1.82) is 0 Å². The molecule has 1 fully saturated rings. The zero-order chi connectivity index (χ0) is 18.7. The van der Waals surface area contributed by atoms with Gasteiger partial charge < -0.3 is 15.4 Å². The van der Waals surface area contributed by atoms with Gasteiger partial charge >= 0.3 is 6.03 Å². The number of urea groups is 1. The topological polar surface area (TPSA) is 96.5 Å². The average Bonchev–Trinajstić information content (AvgIpc) is 2.88. The maximum Gasteiger partial charge on any atom is 0.322 e. The lowest BCUT2D eigenvalue weighted by Gasteiger charge is -2.21. The molecule has 0 spiro atoms. The van der Waals surface area contributed by atoms with Crippen LogP contribution in [0, 0.1) is 0 Å². The summed E-state index contributed by atoms with van der Waals surface area (Å²) in [6.07, 6.45) is 0. The molecule has 0 saturated carbocycles. The highest BCUT2D eigenvalue weighted by Gasteiger charge is 2.43. The number of amides is 4. The Kier molecular flexibility index (Phi) is 4.94. The predicted octanol–water partition coefficient (Wildman–Crippen LogP) is 2.52. The minimum Gasteiger partial charge on any atom is -0.484 e. The zero-order valence-corrected chi connectivity index (χ0v) is 15.4. The molecular formula is C18H16BrN3O4. The molecule has 7 nitrogen and oxygen atoms in total. The third-order valence-corrected chi connectivity index (χ3v) is 4.48. The summed E-state index contributed by atoms with van der Waals surface area (Å²) in [5.74, 6) is -0.199. The number of benzene rings is 2. The summed E-state index contributed by atoms with van der Waals surface area (Å²) in [5.41, 5.74) is -0.110. The van der Waals surface area contributed by atoms with E-state index in [0.29, 0.717) is 17.0 Å². The lowest BCUT2D eigenvalue weighted by atomic mass is 9.92. The molecule has 1 aliphatic rings. The van der Waals surface area contributed by atoms with Crippen molar-refractivity contribution in [3.8, 4) is 5.75 Å². The van der Waals surface area contributed by atoms with E-state index in [-0.39, 0.29) is 12.5 Å². The van der Waals surface area contributed by atoms with Crippen LogP contribution >= 0.6 is 15.9 Å². The fraction of sp³-hybridized carbons (Fsp3) is 0.167. The fourth-order valence-electron chi connectivity index (χ4n) is 2.53. The molecule has 0 bridgehead atoms. The summed E-state index contributed by atoms with van der Waals surface area (Å²) in [6.45, 7) is 1.45. The second-order valence-electron chi connectivity index (χ2n) is 5.90. The summed E-state index contributed by atoms with van der Waals surface area (Å²) >= 11 is 3.33. The first-order valence-electron chi connectivity index (χ1n) is 7.79. The van der Waals surface area contributed by atoms with Crippen LogP contribution in [-0.4, -0.2) is 24.5 Å². The SMILES string of the molecule is CC1(c2cccc(NC(=O)COc3ccc(Br)cc3)c2)NC(=O)NC1=O. The number of imide groups is 1. The largest absolute Gasteiger partial charge is 0.484 e. The highest BCUT2D eigenvalue weighted by atomic mass is 79.9. The van der Waals surface area contributed by atoms with Crippen LogP contribution in [0.4, 0.5) is 10.5 Å². The predicted molar refractivity (Wildman–Crippen MR) is 98.7 cm³/mol. The number of carbonyl (C=O) groups is 3. The van der Waals surface area contributed by atoms with Gasteiger partial charge in [0.2, 0.25) is 0 Å². The molecule has 1 saturated heterocycles. The maximum atomic E-state index is 12.1. The van der Waals surface area contributed by atoms with Gasteiger partial charge in [0.25, 0.3) is 11.8 Å². The number of rotatable bonds is 5. The summed E-state index contributed by atoms with van der Waals surface area (Å²) < 4.78 is 6.34. The summed E-state index contributed by atoms with van der Waals surface area (Å²) in [7, 11) is 0. The Bertz CT molecular complexity index is 869. The Balaban J connectivity index is 1.65. The van der Waals surface area contributed by atoms with E-state index in [1.54, 1.807) is 43.3 Å². The molecular weight excluding hydrogens is 402 g/mol. The average molecular weight is 418 g/mol. The lowest BCUT2D eigenvalue weighted by molar-refractivity contribution is -0.123. The molecule has 0 aliphatic carbocycles. The van der Waals surface area contributed by atoms with Crippen molar-refractivity contribution in [3.63, 3.8) is 0 Å². The molecule has 4 amide bonds. The summed E-state index contributed by atoms with van der Waals surface area (Å²) in [5, 5.41) is 7.51. The molecule has 0 aromatic heterocycles. The maximum absolute atomic E-state index is 12.1. The number of nitrogens with one attached hydrogen (secondary N) is 3. The van der Waals surface area contributed by atoms with Gasteiger partial charge in [0, 0.05) is 10.2 Å². The van der Waals surface area contributed by atoms with Gasteiger partial charge in [0.1, 0.15) is 11.3 Å². The molecule has 1 atom stereocenters. The van der Waals surface area contributed by atoms with Crippen LogP contribution in [0.15, 0.2) is 53.0 Å². The Hall–Kier alpha value is -2.87. The fourth-order valence-corrected chi connectivity index (χ4v) is 2.80. The molecule has 1 aliphatic heterocycles. The molecule has 0 radical (unpaired) electrons. The Morgan fingerprint density at radius 2 is 1.92 bits per heavy atom. The van der Waals surface area contributed by atoms with E-state index in [4.69, 9.17) is 4.74 Å². The van der Waals surface area contributed by atoms with Crippen LogP contribution in [0.3, 0.4) is 0 Å². The number of hydrogen-bond donors (Lipinski definition) is 3. The van der Waals surface area contributed by atoms with Gasteiger partial charge in [-0.3, -0.25) is 14.9 Å². The number of carbonyl (C=O) groups excluding carboxylic acids is 3. The Labute approximate surface area is 158 Å². The van der Waals surface area contributed by atoms with Gasteiger partial charge in [-0.25, -0.2) is 4.79 Å². The molecule has 1 unspecified atom stereocenters. The monoisotopic (exact) mass is 417 g/mol. The van der Waals surface area contributed by atoms with E-state index >= 15 is 0 Å². The first-order valence-corrected chi connectivity index (χ1v) is 8.58. The minimum atomic E-state index is -1.17. The standard InChI is InChI=1S/C18H16BrN3O4/c1-18(16(24)21-17(25)22-18)11-3-2-4-13(9-11)20-15(23)10-26-14-7-5-12(19)6-8-14/h2-9H,10H2,1H3,(H,20,23)(H2,21,22,24,25). The van der Waals surface area contributed by atoms with Crippen molar-refractivity contribution in [2.75, 3.05) is 11.9 Å². The molecule has 2 aromatic rings. The van der Waals surface area contributed by atoms with E-state index in [0.717, 1.165) is 4.47 Å². The second kappa shape index (κ2) is 7.17. The number of anilines is 1. The van der Waals surface area contributed by atoms with E-state index in [1.807, 2.05) is 12.1 Å². The van der Waals surface area contributed by atoms with Crippen LogP contribution in [0.1, 0.15) is 12.5 Å². The molecule has 26 heavy (non-hydrogen) atoms. The van der Waals surface area contributed by atoms with Crippen molar-refractivity contribution in [3.05, 3.63) is 58.6 Å². The van der Waals surface area contributed by atoms with E-state index in [9.17, 15) is 14.4 Å². The Morgan fingerprint density at radius 3 is 2.58 bits per heavy atom. The second-order valence-corrected chi connectivity index (χ2v) is 6.82. The molecule has 8 heteroatoms. The van der Waals surface area contributed by atoms with Crippen molar-refractivity contribution in [2.45, 2.75) is 12.5 Å². The molecule has 3 rings (SSSR count). The van der Waals surface area contributed by atoms with Gasteiger partial charge in [-0.2, -0.15) is 0 Å². The summed E-state index contributed by atoms with van der Waals surface area (Å²) in [4.78, 5) is 35.5. The minimum absolute atomic E-state index is 0.152. The highest BCUT2D eigenvalue weighted by Crippen LogP contribution is 2.26. The van der Waals surface area contributed by atoms with Crippen molar-refractivity contribution >= 4 is 39.5 Å². The normalized spacial score (nSPS) is 18.8. The first kappa shape index (κ1) is 17.9. The first-order chi connectivity index (χ1) is 12.4. The van der Waals surface area contributed by atoms with Crippen molar-refractivity contribution < 1.29 is 19.1 Å². The number of ether oxygens (including phenoxy) is 1. The van der Waals surface area contributed by atoms with Crippen molar-refractivity contribution in [1.82, 2.24) is 10.6 Å². The Morgan fingerprint density at radius 1 is 1.19 bits per heavy atom. The van der Waals surface area contributed by atoms with Crippen LogP contribution in [0.25, 0.3) is 0 Å². The highest BCUT2D eigenvalue weighted by molar-refractivity contribution is 9.10. The molecule has 134 valence electrons. The smallest absolute Gasteiger partial charge is 0.322 e. The third-order valence-electron chi connectivity index (χ3n) is 3.95. The van der Waals surface area contributed by atoms with Gasteiger partial charge in [0.15, 0.2) is 6.61 Å². The molecule has 3 N–H and O–H groups in total. The number of halogens is 1. The van der Waals surface area contributed by atoms with Crippen LogP contribution in [0.5, 0.6) is 5.75 Å². The van der Waals surface area contributed by atoms with E-state index < -0.39 is 17.5 Å². The van der Waals surface area contributed by atoms with Gasteiger partial charge in [-0.1, -0.05) is 28.1 Å². The molecule has 2 aromatic carbocycles. The van der Waals surface area contributed by atoms with Crippen molar-refractivity contribution in [2.24, 2.45) is 0 Å². The third kappa shape index (κ3) is 3.85. The van der Waals surface area contributed by atoms with Crippen LogP contribution < -0.4 is 20.7 Å². The zero-order valence-electron chi connectivity index (χ0n) is 13.8. The molecule has 1 heterocycles. The summed E-state index contributed by atoms with van der Waals surface area (Å²) in [6, 6.07) is 13.3. The van der Waals surface area contributed by atoms with Crippen LogP contribution in [0.2, 0.25) is 0 Å². The lowest BCUT2D eigenvalue weighted by Crippen LogP contribution is -2.40.